The molecule has 6 nitrogen and oxygen atoms in total. The molecule has 0 fully saturated rings. The van der Waals surface area contributed by atoms with Gasteiger partial charge in [-0.1, -0.05) is 6.07 Å². The van der Waals surface area contributed by atoms with Crippen LogP contribution in [0.5, 0.6) is 0 Å². The molecule has 21 heavy (non-hydrogen) atoms. The minimum absolute atomic E-state index is 0.0142. The second-order valence-corrected chi connectivity index (χ2v) is 6.04. The quantitative estimate of drug-likeness (QED) is 0.825. The standard InChI is InChI=1S/C13H15FN4O2S/c1-15-7-10-2-3-11(14)6-13(10)21(19,20)18-8-12-4-5-16-9-17-12/h2-6,9,15,18H,7-8H2,1H3. The van der Waals surface area contributed by atoms with E-state index in [1.807, 2.05) is 0 Å². The van der Waals surface area contributed by atoms with Gasteiger partial charge < -0.3 is 5.32 Å². The summed E-state index contributed by atoms with van der Waals surface area (Å²) >= 11 is 0. The van der Waals surface area contributed by atoms with Crippen LogP contribution in [0.4, 0.5) is 4.39 Å². The van der Waals surface area contributed by atoms with E-state index in [1.54, 1.807) is 13.1 Å². The van der Waals surface area contributed by atoms with E-state index in [4.69, 9.17) is 0 Å². The fraction of sp³-hybridized carbons (Fsp3) is 0.231. The first-order valence-electron chi connectivity index (χ1n) is 6.20. The highest BCUT2D eigenvalue weighted by Gasteiger charge is 2.19. The van der Waals surface area contributed by atoms with Crippen LogP contribution in [0.15, 0.2) is 41.7 Å². The average Bonchev–Trinajstić information content (AvgIpc) is 2.48. The lowest BCUT2D eigenvalue weighted by Crippen LogP contribution is -2.25. The van der Waals surface area contributed by atoms with Crippen molar-refractivity contribution < 1.29 is 12.8 Å². The average molecular weight is 310 g/mol. The molecule has 1 heterocycles. The van der Waals surface area contributed by atoms with Crippen molar-refractivity contribution in [2.45, 2.75) is 18.0 Å². The Morgan fingerprint density at radius 3 is 2.71 bits per heavy atom. The van der Waals surface area contributed by atoms with Crippen molar-refractivity contribution in [3.63, 3.8) is 0 Å². The van der Waals surface area contributed by atoms with Gasteiger partial charge in [0, 0.05) is 12.7 Å². The fourth-order valence-electron chi connectivity index (χ4n) is 1.78. The topological polar surface area (TPSA) is 84.0 Å². The highest BCUT2D eigenvalue weighted by atomic mass is 32.2. The Hall–Kier alpha value is -1.90. The third-order valence-electron chi connectivity index (χ3n) is 2.77. The third-order valence-corrected chi connectivity index (χ3v) is 4.26. The zero-order valence-corrected chi connectivity index (χ0v) is 12.2. The molecule has 0 spiro atoms. The fourth-order valence-corrected chi connectivity index (χ4v) is 3.03. The van der Waals surface area contributed by atoms with E-state index >= 15 is 0 Å². The SMILES string of the molecule is CNCc1ccc(F)cc1S(=O)(=O)NCc1ccncn1. The number of benzene rings is 1. The summed E-state index contributed by atoms with van der Waals surface area (Å²) in [5, 5.41) is 2.85. The number of hydrogen-bond donors (Lipinski definition) is 2. The number of hydrogen-bond acceptors (Lipinski definition) is 5. The summed E-state index contributed by atoms with van der Waals surface area (Å²) in [6.07, 6.45) is 2.85. The van der Waals surface area contributed by atoms with Crippen molar-refractivity contribution >= 4 is 10.0 Å². The van der Waals surface area contributed by atoms with Gasteiger partial charge in [0.2, 0.25) is 10.0 Å². The Labute approximate surface area is 122 Å². The molecule has 0 unspecified atom stereocenters. The molecule has 0 aliphatic rings. The first-order chi connectivity index (χ1) is 10.0. The third kappa shape index (κ3) is 4.03. The molecule has 0 saturated heterocycles. The van der Waals surface area contributed by atoms with E-state index in [9.17, 15) is 12.8 Å². The predicted molar refractivity (Wildman–Crippen MR) is 75.2 cm³/mol. The first kappa shape index (κ1) is 15.5. The second-order valence-electron chi connectivity index (χ2n) is 4.31. The summed E-state index contributed by atoms with van der Waals surface area (Å²) in [6.45, 7) is 0.338. The van der Waals surface area contributed by atoms with Gasteiger partial charge in [-0.15, -0.1) is 0 Å². The highest BCUT2D eigenvalue weighted by Crippen LogP contribution is 2.17. The molecule has 112 valence electrons. The number of nitrogens with zero attached hydrogens (tertiary/aromatic N) is 2. The van der Waals surface area contributed by atoms with E-state index in [1.165, 1.54) is 24.7 Å². The van der Waals surface area contributed by atoms with Crippen molar-refractivity contribution in [3.05, 3.63) is 53.9 Å². The minimum Gasteiger partial charge on any atom is -0.316 e. The molecule has 2 N–H and O–H groups in total. The van der Waals surface area contributed by atoms with E-state index in [2.05, 4.69) is 20.0 Å². The van der Waals surface area contributed by atoms with Crippen LogP contribution in [-0.4, -0.2) is 25.4 Å². The summed E-state index contributed by atoms with van der Waals surface area (Å²) < 4.78 is 40.4. The molecule has 8 heteroatoms. The van der Waals surface area contributed by atoms with Gasteiger partial charge in [0.15, 0.2) is 0 Å². The molecule has 1 aromatic heterocycles. The maximum Gasteiger partial charge on any atom is 0.241 e. The maximum absolute atomic E-state index is 13.3. The second kappa shape index (κ2) is 6.70. The summed E-state index contributed by atoms with van der Waals surface area (Å²) in [4.78, 5) is 7.60. The number of sulfonamides is 1. The van der Waals surface area contributed by atoms with Crippen LogP contribution in [0.25, 0.3) is 0 Å². The van der Waals surface area contributed by atoms with Crippen molar-refractivity contribution in [3.8, 4) is 0 Å². The van der Waals surface area contributed by atoms with Crippen molar-refractivity contribution in [2.24, 2.45) is 0 Å². The van der Waals surface area contributed by atoms with Gasteiger partial charge in [0.1, 0.15) is 12.1 Å². The zero-order chi connectivity index (χ0) is 15.3. The molecule has 0 aliphatic carbocycles. The predicted octanol–water partition coefficient (Wildman–Crippen LogP) is 0.814. The van der Waals surface area contributed by atoms with E-state index in [-0.39, 0.29) is 11.4 Å². The lowest BCUT2D eigenvalue weighted by molar-refractivity contribution is 0.573. The molecule has 0 amide bonds. The van der Waals surface area contributed by atoms with E-state index in [0.717, 1.165) is 6.07 Å². The first-order valence-corrected chi connectivity index (χ1v) is 7.69. The van der Waals surface area contributed by atoms with Gasteiger partial charge in [0.25, 0.3) is 0 Å². The Balaban J connectivity index is 2.24. The molecule has 0 saturated carbocycles. The van der Waals surface area contributed by atoms with Crippen molar-refractivity contribution in [2.75, 3.05) is 7.05 Å². The Morgan fingerprint density at radius 1 is 1.24 bits per heavy atom. The number of aromatic nitrogens is 2. The van der Waals surface area contributed by atoms with Crippen LogP contribution in [-0.2, 0) is 23.1 Å². The molecule has 2 rings (SSSR count). The van der Waals surface area contributed by atoms with Gasteiger partial charge in [-0.05, 0) is 30.8 Å². The van der Waals surface area contributed by atoms with Gasteiger partial charge in [-0.2, -0.15) is 0 Å². The van der Waals surface area contributed by atoms with Gasteiger partial charge in [0.05, 0.1) is 17.1 Å². The number of halogens is 1. The maximum atomic E-state index is 13.3. The monoisotopic (exact) mass is 310 g/mol. The smallest absolute Gasteiger partial charge is 0.241 e. The van der Waals surface area contributed by atoms with Crippen LogP contribution in [0.1, 0.15) is 11.3 Å². The molecular weight excluding hydrogens is 295 g/mol. The summed E-state index contributed by atoms with van der Waals surface area (Å²) in [6, 6.07) is 5.29. The highest BCUT2D eigenvalue weighted by molar-refractivity contribution is 7.89. The Bertz CT molecular complexity index is 707. The van der Waals surface area contributed by atoms with Crippen LogP contribution >= 0.6 is 0 Å². The molecule has 0 aliphatic heterocycles. The molecule has 0 radical (unpaired) electrons. The minimum atomic E-state index is -3.82. The van der Waals surface area contributed by atoms with E-state index < -0.39 is 15.8 Å². The number of nitrogens with one attached hydrogen (secondary N) is 2. The lowest BCUT2D eigenvalue weighted by Gasteiger charge is -2.11. The summed E-state index contributed by atoms with van der Waals surface area (Å²) in [5.41, 5.74) is 1.02. The van der Waals surface area contributed by atoms with E-state index in [0.29, 0.717) is 17.8 Å². The van der Waals surface area contributed by atoms with Crippen LogP contribution in [0.3, 0.4) is 0 Å². The van der Waals surface area contributed by atoms with Gasteiger partial charge in [-0.25, -0.2) is 27.5 Å². The van der Waals surface area contributed by atoms with Crippen LogP contribution < -0.4 is 10.0 Å². The lowest BCUT2D eigenvalue weighted by atomic mass is 10.2. The largest absolute Gasteiger partial charge is 0.316 e. The summed E-state index contributed by atoms with van der Waals surface area (Å²) in [5.74, 6) is -0.600. The Kier molecular flexibility index (Phi) is 4.94. The summed E-state index contributed by atoms with van der Waals surface area (Å²) in [7, 11) is -2.14. The molecular formula is C13H15FN4O2S. The van der Waals surface area contributed by atoms with Crippen LogP contribution in [0, 0.1) is 5.82 Å². The van der Waals surface area contributed by atoms with Crippen molar-refractivity contribution in [1.82, 2.24) is 20.0 Å². The van der Waals surface area contributed by atoms with Gasteiger partial charge in [-0.3, -0.25) is 0 Å². The normalized spacial score (nSPS) is 11.5. The molecule has 0 bridgehead atoms. The van der Waals surface area contributed by atoms with Gasteiger partial charge >= 0.3 is 0 Å². The molecule has 2 aromatic rings. The zero-order valence-electron chi connectivity index (χ0n) is 11.4. The Morgan fingerprint density at radius 2 is 2.05 bits per heavy atom. The molecule has 0 atom stereocenters. The molecule has 1 aromatic carbocycles. The van der Waals surface area contributed by atoms with Crippen LogP contribution in [0.2, 0.25) is 0 Å². The van der Waals surface area contributed by atoms with Crippen molar-refractivity contribution in [1.29, 1.82) is 0 Å². The number of rotatable bonds is 6.